The van der Waals surface area contributed by atoms with Crippen LogP contribution in [0.5, 0.6) is 0 Å². The van der Waals surface area contributed by atoms with Crippen molar-refractivity contribution >= 4 is 28.1 Å². The van der Waals surface area contributed by atoms with Crippen LogP contribution in [0.15, 0.2) is 33.8 Å². The molecule has 0 bridgehead atoms. The van der Waals surface area contributed by atoms with E-state index < -0.39 is 0 Å². The zero-order chi connectivity index (χ0) is 10.5. The van der Waals surface area contributed by atoms with Crippen LogP contribution in [0.1, 0.15) is 5.56 Å². The normalized spacial score (nSPS) is 10.7. The fraction of sp³-hybridized carbons (Fsp3) is 0. The average Bonchev–Trinajstić information content (AvgIpc) is 2.71. The molecule has 0 aliphatic carbocycles. The lowest BCUT2D eigenvalue weighted by Gasteiger charge is -1.98. The maximum absolute atomic E-state index is 3.82. The number of tetrazole rings is 1. The minimum absolute atomic E-state index is 0.209. The minimum atomic E-state index is 0.209. The molecule has 1 aromatic heterocycles. The van der Waals surface area contributed by atoms with Gasteiger partial charge in [-0.2, -0.15) is 0 Å². The molecule has 0 amide bonds. The van der Waals surface area contributed by atoms with Gasteiger partial charge in [-0.1, -0.05) is 28.1 Å². The molecule has 7 heteroatoms. The van der Waals surface area contributed by atoms with Crippen LogP contribution >= 0.6 is 15.9 Å². The summed E-state index contributed by atoms with van der Waals surface area (Å²) in [5.74, 6) is 0.209. The Kier molecular flexibility index (Phi) is 3.03. The molecule has 0 aliphatic rings. The molecular weight excluding hydrogens is 260 g/mol. The Hall–Kier alpha value is -1.76. The van der Waals surface area contributed by atoms with E-state index in [0.717, 1.165) is 10.0 Å². The summed E-state index contributed by atoms with van der Waals surface area (Å²) in [6.07, 6.45) is 1.61. The van der Waals surface area contributed by atoms with Gasteiger partial charge < -0.3 is 0 Å². The van der Waals surface area contributed by atoms with Crippen molar-refractivity contribution in [2.24, 2.45) is 5.10 Å². The molecule has 0 saturated heterocycles. The lowest BCUT2D eigenvalue weighted by atomic mass is 10.2. The SMILES string of the molecule is Brc1cccc(/C=N\[N-]c2nn[nH]n2)c1. The van der Waals surface area contributed by atoms with Gasteiger partial charge in [0.1, 0.15) is 0 Å². The summed E-state index contributed by atoms with van der Waals surface area (Å²) in [7, 11) is 0. The molecule has 76 valence electrons. The first kappa shape index (κ1) is 9.78. The molecule has 2 aromatic rings. The first-order valence-electron chi connectivity index (χ1n) is 4.08. The monoisotopic (exact) mass is 265 g/mol. The quantitative estimate of drug-likeness (QED) is 0.681. The molecule has 1 heterocycles. The number of H-pyrrole nitrogens is 1. The predicted molar refractivity (Wildman–Crippen MR) is 58.9 cm³/mol. The molecular formula is C8H6BrN6-. The van der Waals surface area contributed by atoms with Crippen molar-refractivity contribution in [1.29, 1.82) is 0 Å². The van der Waals surface area contributed by atoms with Crippen LogP contribution in [0.2, 0.25) is 0 Å². The van der Waals surface area contributed by atoms with E-state index in [-0.39, 0.29) is 5.95 Å². The molecule has 0 saturated carbocycles. The van der Waals surface area contributed by atoms with Crippen LogP contribution in [0, 0.1) is 0 Å². The van der Waals surface area contributed by atoms with Gasteiger partial charge in [-0.25, -0.2) is 5.10 Å². The van der Waals surface area contributed by atoms with Gasteiger partial charge in [0, 0.05) is 10.7 Å². The largest absolute Gasteiger partial charge is 0.277 e. The Balaban J connectivity index is 2.00. The van der Waals surface area contributed by atoms with Crippen molar-refractivity contribution in [3.8, 4) is 0 Å². The third kappa shape index (κ3) is 2.84. The van der Waals surface area contributed by atoms with Crippen LogP contribution in [0.4, 0.5) is 5.95 Å². The van der Waals surface area contributed by atoms with E-state index in [2.05, 4.69) is 47.1 Å². The molecule has 0 fully saturated rings. The molecule has 1 aromatic carbocycles. The summed E-state index contributed by atoms with van der Waals surface area (Å²) in [5, 5.41) is 16.7. The number of aromatic amines is 1. The lowest BCUT2D eigenvalue weighted by Crippen LogP contribution is -1.79. The van der Waals surface area contributed by atoms with Crippen molar-refractivity contribution in [2.45, 2.75) is 0 Å². The van der Waals surface area contributed by atoms with Crippen LogP contribution < -0.4 is 0 Å². The van der Waals surface area contributed by atoms with E-state index >= 15 is 0 Å². The third-order valence-electron chi connectivity index (χ3n) is 1.54. The molecule has 1 N–H and O–H groups in total. The standard InChI is InChI=1S/C8H6BrN6/c9-7-3-1-2-6(4-7)5-10-11-8-12-14-15-13-8/h1-5H,(H-,11,12,13,14,15)/q-1/b10-5-. The van der Waals surface area contributed by atoms with Gasteiger partial charge in [0.2, 0.25) is 0 Å². The third-order valence-corrected chi connectivity index (χ3v) is 2.03. The van der Waals surface area contributed by atoms with Crippen molar-refractivity contribution in [3.63, 3.8) is 0 Å². The van der Waals surface area contributed by atoms with Crippen molar-refractivity contribution in [2.75, 3.05) is 0 Å². The zero-order valence-corrected chi connectivity index (χ0v) is 9.09. The molecule has 6 nitrogen and oxygen atoms in total. The highest BCUT2D eigenvalue weighted by atomic mass is 79.9. The van der Waals surface area contributed by atoms with Gasteiger partial charge in [-0.15, -0.1) is 5.21 Å². The van der Waals surface area contributed by atoms with Crippen LogP contribution in [-0.4, -0.2) is 26.8 Å². The Morgan fingerprint density at radius 3 is 3.13 bits per heavy atom. The molecule has 0 spiro atoms. The van der Waals surface area contributed by atoms with E-state index in [9.17, 15) is 0 Å². The van der Waals surface area contributed by atoms with Crippen molar-refractivity contribution < 1.29 is 0 Å². The molecule has 0 aliphatic heterocycles. The van der Waals surface area contributed by atoms with Gasteiger partial charge in [0.05, 0.1) is 5.95 Å². The molecule has 0 radical (unpaired) electrons. The summed E-state index contributed by atoms with van der Waals surface area (Å²) in [6.45, 7) is 0. The number of rotatable bonds is 3. The fourth-order valence-corrected chi connectivity index (χ4v) is 1.35. The highest BCUT2D eigenvalue weighted by Crippen LogP contribution is 2.11. The number of benzene rings is 1. The van der Waals surface area contributed by atoms with Gasteiger partial charge in [0.25, 0.3) is 0 Å². The first-order chi connectivity index (χ1) is 7.34. The second-order valence-corrected chi connectivity index (χ2v) is 3.53. The number of halogens is 1. The summed E-state index contributed by atoms with van der Waals surface area (Å²) in [5.41, 5.74) is 4.67. The topological polar surface area (TPSA) is 80.9 Å². The Morgan fingerprint density at radius 1 is 1.47 bits per heavy atom. The first-order valence-corrected chi connectivity index (χ1v) is 4.87. The van der Waals surface area contributed by atoms with Crippen molar-refractivity contribution in [1.82, 2.24) is 20.6 Å². The van der Waals surface area contributed by atoms with Gasteiger partial charge in [-0.05, 0) is 17.7 Å². The zero-order valence-electron chi connectivity index (χ0n) is 7.50. The average molecular weight is 266 g/mol. The van der Waals surface area contributed by atoms with E-state index in [1.54, 1.807) is 6.21 Å². The lowest BCUT2D eigenvalue weighted by molar-refractivity contribution is 0.881. The smallest absolute Gasteiger partial charge is 0.0830 e. The molecule has 15 heavy (non-hydrogen) atoms. The molecule has 0 unspecified atom stereocenters. The summed E-state index contributed by atoms with van der Waals surface area (Å²) >= 11 is 3.36. The highest BCUT2D eigenvalue weighted by molar-refractivity contribution is 9.10. The number of nitrogens with one attached hydrogen (secondary N) is 1. The van der Waals surface area contributed by atoms with E-state index in [0.29, 0.717) is 0 Å². The fourth-order valence-electron chi connectivity index (χ4n) is 0.933. The number of nitrogens with zero attached hydrogens (tertiary/aromatic N) is 5. The van der Waals surface area contributed by atoms with Gasteiger partial charge in [0.15, 0.2) is 0 Å². The molecule has 0 atom stereocenters. The second kappa shape index (κ2) is 4.65. The number of aromatic nitrogens is 4. The Labute approximate surface area is 93.9 Å². The predicted octanol–water partition coefficient (Wildman–Crippen LogP) is 2.00. The minimum Gasteiger partial charge on any atom is -0.277 e. The van der Waals surface area contributed by atoms with Crippen LogP contribution in [0.3, 0.4) is 0 Å². The van der Waals surface area contributed by atoms with E-state index in [4.69, 9.17) is 0 Å². The van der Waals surface area contributed by atoms with E-state index in [1.165, 1.54) is 0 Å². The maximum Gasteiger partial charge on any atom is 0.0830 e. The Morgan fingerprint density at radius 2 is 2.40 bits per heavy atom. The van der Waals surface area contributed by atoms with Crippen molar-refractivity contribution in [3.05, 3.63) is 39.7 Å². The van der Waals surface area contributed by atoms with Crippen LogP contribution in [0.25, 0.3) is 5.43 Å². The number of hydrogen-bond donors (Lipinski definition) is 1. The highest BCUT2D eigenvalue weighted by Gasteiger charge is 1.88. The summed E-state index contributed by atoms with van der Waals surface area (Å²) in [6, 6.07) is 7.70. The van der Waals surface area contributed by atoms with Crippen LogP contribution in [-0.2, 0) is 0 Å². The van der Waals surface area contributed by atoms with Gasteiger partial charge in [-0.3, -0.25) is 20.8 Å². The Bertz CT molecular complexity index is 452. The van der Waals surface area contributed by atoms with E-state index in [1.807, 2.05) is 24.3 Å². The van der Waals surface area contributed by atoms with Gasteiger partial charge >= 0.3 is 0 Å². The summed E-state index contributed by atoms with van der Waals surface area (Å²) in [4.78, 5) is 0. The molecule has 2 rings (SSSR count). The maximum atomic E-state index is 3.82. The second-order valence-electron chi connectivity index (χ2n) is 2.61. The number of hydrogen-bond acceptors (Lipinski definition) is 4. The summed E-state index contributed by atoms with van der Waals surface area (Å²) < 4.78 is 0.992.